The van der Waals surface area contributed by atoms with Gasteiger partial charge in [0.1, 0.15) is 6.29 Å². The summed E-state index contributed by atoms with van der Waals surface area (Å²) in [5, 5.41) is 0. The molecule has 0 aromatic carbocycles. The van der Waals surface area contributed by atoms with Crippen molar-refractivity contribution in [2.45, 2.75) is 59.8 Å². The van der Waals surface area contributed by atoms with E-state index in [-0.39, 0.29) is 5.41 Å². The topological polar surface area (TPSA) is 17.1 Å². The summed E-state index contributed by atoms with van der Waals surface area (Å²) >= 11 is 0. The highest BCUT2D eigenvalue weighted by molar-refractivity contribution is 5.74. The number of hydrogen-bond acceptors (Lipinski definition) is 1. The Morgan fingerprint density at radius 3 is 2.71 bits per heavy atom. The third kappa shape index (κ3) is 2.93. The molecule has 1 saturated carbocycles. The molecule has 0 aromatic heterocycles. The average Bonchev–Trinajstić information content (AvgIpc) is 2.43. The second-order valence-corrected chi connectivity index (χ2v) is 7.90. The van der Waals surface area contributed by atoms with Crippen LogP contribution < -0.4 is 0 Å². The van der Waals surface area contributed by atoms with Crippen LogP contribution in [0.2, 0.25) is 0 Å². The van der Waals surface area contributed by atoms with Gasteiger partial charge in [0.25, 0.3) is 0 Å². The third-order valence-corrected chi connectivity index (χ3v) is 6.20. The molecule has 116 valence electrons. The van der Waals surface area contributed by atoms with Crippen LogP contribution in [0.3, 0.4) is 0 Å². The minimum absolute atomic E-state index is 0.255. The number of carbonyl (C=O) groups is 1. The number of allylic oxidation sites excluding steroid dienone is 5. The lowest BCUT2D eigenvalue weighted by molar-refractivity contribution is -0.107. The molecule has 1 heteroatoms. The van der Waals surface area contributed by atoms with Gasteiger partial charge in [0.2, 0.25) is 0 Å². The molecule has 21 heavy (non-hydrogen) atoms. The van der Waals surface area contributed by atoms with E-state index in [9.17, 15) is 4.79 Å². The van der Waals surface area contributed by atoms with E-state index >= 15 is 0 Å². The third-order valence-electron chi connectivity index (χ3n) is 6.20. The standard InChI is InChI=1S/C20H30O/c1-6-15(2)8-10-17-16(14-21)9-11-18-19(3,4)12-7-13-20(17,18)5/h6,8-9,14,17-18H,1,7,10-13H2,2-5H3. The Kier molecular flexibility index (Phi) is 4.60. The molecule has 2 rings (SSSR count). The van der Waals surface area contributed by atoms with Crippen LogP contribution in [0.5, 0.6) is 0 Å². The quantitative estimate of drug-likeness (QED) is 0.493. The smallest absolute Gasteiger partial charge is 0.146 e. The monoisotopic (exact) mass is 286 g/mol. The molecular weight excluding hydrogens is 256 g/mol. The zero-order valence-corrected chi connectivity index (χ0v) is 14.1. The van der Waals surface area contributed by atoms with E-state index in [2.05, 4.69) is 46.4 Å². The molecule has 0 saturated heterocycles. The van der Waals surface area contributed by atoms with Gasteiger partial charge < -0.3 is 0 Å². The highest BCUT2D eigenvalue weighted by Crippen LogP contribution is 2.60. The van der Waals surface area contributed by atoms with Crippen LogP contribution >= 0.6 is 0 Å². The first kappa shape index (κ1) is 16.3. The fourth-order valence-electron chi connectivity index (χ4n) is 4.87. The largest absolute Gasteiger partial charge is 0.298 e. The summed E-state index contributed by atoms with van der Waals surface area (Å²) in [4.78, 5) is 11.6. The molecule has 0 radical (unpaired) electrons. The van der Waals surface area contributed by atoms with Crippen LogP contribution in [0.25, 0.3) is 0 Å². The molecule has 0 N–H and O–H groups in total. The van der Waals surface area contributed by atoms with Crippen LogP contribution in [0.4, 0.5) is 0 Å². The predicted octanol–water partition coefficient (Wildman–Crippen LogP) is 5.49. The van der Waals surface area contributed by atoms with Crippen molar-refractivity contribution in [3.05, 3.63) is 36.0 Å². The normalized spacial score (nSPS) is 35.6. The Bertz CT molecular complexity index is 480. The predicted molar refractivity (Wildman–Crippen MR) is 90.1 cm³/mol. The summed E-state index contributed by atoms with van der Waals surface area (Å²) in [5.74, 6) is 1.05. The van der Waals surface area contributed by atoms with Crippen LogP contribution in [0.15, 0.2) is 36.0 Å². The molecule has 2 aliphatic carbocycles. The Labute approximate surface area is 130 Å². The molecule has 2 aliphatic rings. The summed E-state index contributed by atoms with van der Waals surface area (Å²) in [6.45, 7) is 13.2. The summed E-state index contributed by atoms with van der Waals surface area (Å²) in [6.07, 6.45) is 13.3. The second kappa shape index (κ2) is 5.94. The average molecular weight is 286 g/mol. The molecular formula is C20H30O. The first-order valence-corrected chi connectivity index (χ1v) is 8.29. The van der Waals surface area contributed by atoms with E-state index in [0.717, 1.165) is 24.7 Å². The summed E-state index contributed by atoms with van der Waals surface area (Å²) < 4.78 is 0. The molecule has 0 heterocycles. The molecule has 1 nitrogen and oxygen atoms in total. The van der Waals surface area contributed by atoms with Crippen molar-refractivity contribution in [1.82, 2.24) is 0 Å². The van der Waals surface area contributed by atoms with E-state index < -0.39 is 0 Å². The number of fused-ring (bicyclic) bond motifs is 1. The molecule has 1 fully saturated rings. The van der Waals surface area contributed by atoms with Crippen LogP contribution in [-0.2, 0) is 4.79 Å². The molecule has 0 bridgehead atoms. The zero-order chi connectivity index (χ0) is 15.7. The Hall–Kier alpha value is -1.11. The lowest BCUT2D eigenvalue weighted by Gasteiger charge is -2.56. The van der Waals surface area contributed by atoms with Gasteiger partial charge in [-0.2, -0.15) is 0 Å². The summed E-state index contributed by atoms with van der Waals surface area (Å²) in [5.41, 5.74) is 2.87. The van der Waals surface area contributed by atoms with E-state index in [4.69, 9.17) is 0 Å². The van der Waals surface area contributed by atoms with E-state index in [1.54, 1.807) is 0 Å². The van der Waals surface area contributed by atoms with Crippen molar-refractivity contribution >= 4 is 6.29 Å². The minimum atomic E-state index is 0.255. The van der Waals surface area contributed by atoms with Crippen LogP contribution in [-0.4, -0.2) is 6.29 Å². The maximum absolute atomic E-state index is 11.6. The highest BCUT2D eigenvalue weighted by atomic mass is 16.1. The van der Waals surface area contributed by atoms with Gasteiger partial charge in [-0.15, -0.1) is 0 Å². The van der Waals surface area contributed by atoms with Gasteiger partial charge in [0, 0.05) is 0 Å². The first-order valence-electron chi connectivity index (χ1n) is 8.29. The van der Waals surface area contributed by atoms with Crippen LogP contribution in [0.1, 0.15) is 59.8 Å². The maximum atomic E-state index is 11.6. The van der Waals surface area contributed by atoms with Crippen molar-refractivity contribution in [2.75, 3.05) is 0 Å². The molecule has 3 unspecified atom stereocenters. The number of hydrogen-bond donors (Lipinski definition) is 0. The van der Waals surface area contributed by atoms with Gasteiger partial charge in [-0.1, -0.05) is 57.6 Å². The highest BCUT2D eigenvalue weighted by Gasteiger charge is 2.51. The van der Waals surface area contributed by atoms with E-state index in [0.29, 0.717) is 17.3 Å². The fourth-order valence-corrected chi connectivity index (χ4v) is 4.87. The van der Waals surface area contributed by atoms with Crippen molar-refractivity contribution in [3.63, 3.8) is 0 Å². The zero-order valence-electron chi connectivity index (χ0n) is 14.1. The van der Waals surface area contributed by atoms with Gasteiger partial charge >= 0.3 is 0 Å². The number of carbonyl (C=O) groups excluding carboxylic acids is 1. The lowest BCUT2D eigenvalue weighted by Crippen LogP contribution is -2.48. The van der Waals surface area contributed by atoms with E-state index in [1.165, 1.54) is 24.8 Å². The van der Waals surface area contributed by atoms with Crippen molar-refractivity contribution in [1.29, 1.82) is 0 Å². The molecule has 0 amide bonds. The molecule has 0 spiro atoms. The van der Waals surface area contributed by atoms with Gasteiger partial charge in [0.05, 0.1) is 0 Å². The van der Waals surface area contributed by atoms with Gasteiger partial charge in [-0.05, 0) is 60.8 Å². The van der Waals surface area contributed by atoms with Crippen molar-refractivity contribution < 1.29 is 4.79 Å². The number of aldehydes is 1. The summed E-state index contributed by atoms with van der Waals surface area (Å²) in [7, 11) is 0. The first-order chi connectivity index (χ1) is 9.85. The van der Waals surface area contributed by atoms with Crippen LogP contribution in [0, 0.1) is 22.7 Å². The molecule has 0 aliphatic heterocycles. The van der Waals surface area contributed by atoms with Crippen molar-refractivity contribution in [3.8, 4) is 0 Å². The Morgan fingerprint density at radius 1 is 1.38 bits per heavy atom. The van der Waals surface area contributed by atoms with E-state index in [1.807, 2.05) is 6.08 Å². The summed E-state index contributed by atoms with van der Waals surface area (Å²) in [6, 6.07) is 0. The van der Waals surface area contributed by atoms with Crippen molar-refractivity contribution in [2.24, 2.45) is 22.7 Å². The number of rotatable bonds is 4. The minimum Gasteiger partial charge on any atom is -0.298 e. The Balaban J connectivity index is 2.38. The fraction of sp³-hybridized carbons (Fsp3) is 0.650. The molecule has 3 atom stereocenters. The maximum Gasteiger partial charge on any atom is 0.146 e. The molecule has 0 aromatic rings. The lowest BCUT2D eigenvalue weighted by atomic mass is 9.48. The van der Waals surface area contributed by atoms with Gasteiger partial charge in [-0.3, -0.25) is 4.79 Å². The van der Waals surface area contributed by atoms with Gasteiger partial charge in [0.15, 0.2) is 0 Å². The Morgan fingerprint density at radius 2 is 2.10 bits per heavy atom. The second-order valence-electron chi connectivity index (χ2n) is 7.90. The van der Waals surface area contributed by atoms with Gasteiger partial charge in [-0.25, -0.2) is 0 Å². The SMILES string of the molecule is C=CC(C)=CCC1C(C=O)=CCC2C(C)(C)CCCC12C.